The molecule has 5 aromatic rings. The summed E-state index contributed by atoms with van der Waals surface area (Å²) in [5.74, 6) is -0.108. The van der Waals surface area contributed by atoms with Crippen molar-refractivity contribution in [1.82, 2.24) is 19.5 Å². The van der Waals surface area contributed by atoms with Crippen molar-refractivity contribution in [3.05, 3.63) is 107 Å². The summed E-state index contributed by atoms with van der Waals surface area (Å²) < 4.78 is 15.3. The third-order valence-electron chi connectivity index (χ3n) is 5.78. The normalized spacial score (nSPS) is 10.7. The minimum absolute atomic E-state index is 0.301. The monoisotopic (exact) mass is 541 g/mol. The Kier molecular flexibility index (Phi) is 7.41. The van der Waals surface area contributed by atoms with Crippen molar-refractivity contribution in [2.24, 2.45) is 0 Å². The zero-order chi connectivity index (χ0) is 27.4. The number of benzene rings is 2. The number of thiazole rings is 1. The summed E-state index contributed by atoms with van der Waals surface area (Å²) in [6, 6.07) is 15.5. The quantitative estimate of drug-likeness (QED) is 0.220. The van der Waals surface area contributed by atoms with Crippen LogP contribution in [0.2, 0.25) is 0 Å². The number of aryl methyl sites for hydroxylation is 2. The molecule has 0 atom stereocenters. The van der Waals surface area contributed by atoms with Crippen LogP contribution in [-0.4, -0.2) is 31.3 Å². The maximum atomic E-state index is 13.6. The molecule has 0 fully saturated rings. The number of amides is 2. The summed E-state index contributed by atoms with van der Waals surface area (Å²) in [5, 5.41) is 9.33. The van der Waals surface area contributed by atoms with Gasteiger partial charge in [-0.3, -0.25) is 9.59 Å². The van der Waals surface area contributed by atoms with Crippen molar-refractivity contribution >= 4 is 45.5 Å². The van der Waals surface area contributed by atoms with Crippen molar-refractivity contribution in [3.8, 4) is 5.69 Å². The van der Waals surface area contributed by atoms with Crippen LogP contribution >= 0.6 is 11.3 Å². The molecule has 9 nitrogen and oxygen atoms in total. The van der Waals surface area contributed by atoms with Gasteiger partial charge >= 0.3 is 0 Å². The van der Waals surface area contributed by atoms with Crippen molar-refractivity contribution in [1.29, 1.82) is 0 Å². The Bertz CT molecular complexity index is 1650. The number of rotatable bonds is 8. The van der Waals surface area contributed by atoms with E-state index in [2.05, 4.69) is 30.9 Å². The van der Waals surface area contributed by atoms with E-state index >= 15 is 0 Å². The molecule has 0 aliphatic heterocycles. The summed E-state index contributed by atoms with van der Waals surface area (Å²) in [5.41, 5.74) is 3.95. The fraction of sp³-hybridized carbons (Fsp3) is 0.107. The first-order chi connectivity index (χ1) is 18.9. The number of hydrogen-bond acceptors (Lipinski definition) is 7. The molecule has 0 aliphatic carbocycles. The lowest BCUT2D eigenvalue weighted by molar-refractivity contribution is 0.102. The molecule has 0 saturated heterocycles. The number of alkyl halides is 1. The zero-order valence-electron chi connectivity index (χ0n) is 21.1. The number of nitrogens with zero attached hydrogens (tertiary/aromatic N) is 4. The Hall–Kier alpha value is -4.90. The summed E-state index contributed by atoms with van der Waals surface area (Å²) in [6.07, 6.45) is 6.57. The maximum absolute atomic E-state index is 13.6. The molecular formula is C28H24FN7O2S. The highest BCUT2D eigenvalue weighted by atomic mass is 32.1. The van der Waals surface area contributed by atoms with E-state index in [-0.39, 0.29) is 5.91 Å². The Morgan fingerprint density at radius 3 is 2.59 bits per heavy atom. The minimum atomic E-state index is -0.709. The molecular weight excluding hydrogens is 517 g/mol. The van der Waals surface area contributed by atoms with Crippen LogP contribution in [0.3, 0.4) is 0 Å². The number of anilines is 4. The molecule has 5 rings (SSSR count). The number of carbonyl (C=O) groups excluding carboxylic acids is 2. The van der Waals surface area contributed by atoms with E-state index < -0.39 is 12.6 Å². The topological polar surface area (TPSA) is 114 Å². The summed E-state index contributed by atoms with van der Waals surface area (Å²) in [7, 11) is 0. The van der Waals surface area contributed by atoms with Crippen molar-refractivity contribution in [2.45, 2.75) is 20.5 Å². The minimum Gasteiger partial charge on any atom is -0.322 e. The van der Waals surface area contributed by atoms with Crippen LogP contribution in [0.4, 0.5) is 26.7 Å². The molecule has 3 N–H and O–H groups in total. The molecule has 3 heterocycles. The van der Waals surface area contributed by atoms with Crippen LogP contribution in [0.25, 0.3) is 5.69 Å². The lowest BCUT2D eigenvalue weighted by Gasteiger charge is -2.12. The molecule has 0 spiro atoms. The number of aromatic nitrogens is 4. The number of nitrogens with one attached hydrogen (secondary N) is 3. The van der Waals surface area contributed by atoms with Gasteiger partial charge in [-0.05, 0) is 67.4 Å². The van der Waals surface area contributed by atoms with Gasteiger partial charge in [-0.25, -0.2) is 19.3 Å². The van der Waals surface area contributed by atoms with E-state index in [1.165, 1.54) is 23.6 Å². The average molecular weight is 542 g/mol. The standard InChI is InChI=1S/C28H24FN7O2S/c1-17-6-7-21(33-26(37)20-9-19(13-29)10-22(11-20)36-15-18(2)32-16-36)12-23(17)34-27(38)24-14-31-28(39-24)35-25-5-3-4-8-30-25/h3-12,14-16H,13H2,1-2H3,(H,33,37)(H,34,38)(H,30,31,35). The Labute approximate surface area is 227 Å². The van der Waals surface area contributed by atoms with E-state index in [1.54, 1.807) is 59.7 Å². The highest BCUT2D eigenvalue weighted by Gasteiger charge is 2.15. The van der Waals surface area contributed by atoms with Crippen LogP contribution in [0.1, 0.15) is 36.9 Å². The third kappa shape index (κ3) is 6.16. The zero-order valence-corrected chi connectivity index (χ0v) is 21.9. The number of carbonyl (C=O) groups is 2. The van der Waals surface area contributed by atoms with Gasteiger partial charge in [0.2, 0.25) is 0 Å². The van der Waals surface area contributed by atoms with Crippen LogP contribution < -0.4 is 16.0 Å². The largest absolute Gasteiger partial charge is 0.322 e. The molecule has 0 saturated carbocycles. The fourth-order valence-corrected chi connectivity index (χ4v) is 4.52. The molecule has 0 radical (unpaired) electrons. The first-order valence-corrected chi connectivity index (χ1v) is 12.8. The molecule has 2 amide bonds. The van der Waals surface area contributed by atoms with E-state index in [4.69, 9.17) is 0 Å². The summed E-state index contributed by atoms with van der Waals surface area (Å²) >= 11 is 1.20. The predicted molar refractivity (Wildman–Crippen MR) is 150 cm³/mol. The highest BCUT2D eigenvalue weighted by Crippen LogP contribution is 2.26. The Morgan fingerprint density at radius 2 is 1.85 bits per heavy atom. The average Bonchev–Trinajstić information content (AvgIpc) is 3.60. The molecule has 39 heavy (non-hydrogen) atoms. The highest BCUT2D eigenvalue weighted by molar-refractivity contribution is 7.17. The molecule has 0 aliphatic rings. The molecule has 11 heteroatoms. The van der Waals surface area contributed by atoms with Crippen LogP contribution in [0.15, 0.2) is 79.5 Å². The second kappa shape index (κ2) is 11.2. The predicted octanol–water partition coefficient (Wildman–Crippen LogP) is 6.06. The van der Waals surface area contributed by atoms with Crippen molar-refractivity contribution in [3.63, 3.8) is 0 Å². The van der Waals surface area contributed by atoms with Crippen LogP contribution in [-0.2, 0) is 6.67 Å². The summed E-state index contributed by atoms with van der Waals surface area (Å²) in [4.78, 5) is 39.1. The second-order valence-corrected chi connectivity index (χ2v) is 9.78. The molecule has 0 bridgehead atoms. The van der Waals surface area contributed by atoms with Crippen molar-refractivity contribution in [2.75, 3.05) is 16.0 Å². The Morgan fingerprint density at radius 1 is 0.974 bits per heavy atom. The molecule has 2 aromatic carbocycles. The van der Waals surface area contributed by atoms with Gasteiger partial charge < -0.3 is 20.5 Å². The fourth-order valence-electron chi connectivity index (χ4n) is 3.80. The van der Waals surface area contributed by atoms with Crippen LogP contribution in [0, 0.1) is 13.8 Å². The lowest BCUT2D eigenvalue weighted by atomic mass is 10.1. The first kappa shape index (κ1) is 25.7. The third-order valence-corrected chi connectivity index (χ3v) is 6.69. The smallest absolute Gasteiger partial charge is 0.267 e. The second-order valence-electron chi connectivity index (χ2n) is 8.75. The maximum Gasteiger partial charge on any atom is 0.267 e. The van der Waals surface area contributed by atoms with E-state index in [0.29, 0.717) is 44.0 Å². The van der Waals surface area contributed by atoms with Gasteiger partial charge in [0, 0.05) is 35.0 Å². The van der Waals surface area contributed by atoms with Gasteiger partial charge in [0.25, 0.3) is 11.8 Å². The van der Waals surface area contributed by atoms with E-state index in [1.807, 2.05) is 26.0 Å². The first-order valence-electron chi connectivity index (χ1n) is 12.0. The van der Waals surface area contributed by atoms with Gasteiger partial charge in [-0.1, -0.05) is 23.5 Å². The van der Waals surface area contributed by atoms with Gasteiger partial charge in [0.15, 0.2) is 5.13 Å². The van der Waals surface area contributed by atoms with Gasteiger partial charge in [0.1, 0.15) is 17.4 Å². The number of imidazole rings is 1. The SMILES string of the molecule is Cc1cn(-c2cc(CF)cc(C(=O)Nc3ccc(C)c(NC(=O)c4cnc(Nc5ccccn5)s4)c3)c2)cn1. The number of pyridine rings is 1. The van der Waals surface area contributed by atoms with Crippen molar-refractivity contribution < 1.29 is 14.0 Å². The van der Waals surface area contributed by atoms with Gasteiger partial charge in [-0.15, -0.1) is 0 Å². The van der Waals surface area contributed by atoms with E-state index in [9.17, 15) is 14.0 Å². The Balaban J connectivity index is 1.30. The molecule has 3 aromatic heterocycles. The van der Waals surface area contributed by atoms with Crippen LogP contribution in [0.5, 0.6) is 0 Å². The van der Waals surface area contributed by atoms with Gasteiger partial charge in [0.05, 0.1) is 18.2 Å². The molecule has 196 valence electrons. The van der Waals surface area contributed by atoms with E-state index in [0.717, 1.165) is 11.3 Å². The lowest BCUT2D eigenvalue weighted by Crippen LogP contribution is -2.14. The number of hydrogen-bond donors (Lipinski definition) is 3. The summed E-state index contributed by atoms with van der Waals surface area (Å²) in [6.45, 7) is 3.00. The molecule has 0 unspecified atom stereocenters. The van der Waals surface area contributed by atoms with Gasteiger partial charge in [-0.2, -0.15) is 0 Å². The number of halogens is 1.